The molecule has 82 valence electrons. The number of anilines is 1. The Morgan fingerprint density at radius 1 is 1.27 bits per heavy atom. The summed E-state index contributed by atoms with van der Waals surface area (Å²) in [6, 6.07) is 8.17. The van der Waals surface area contributed by atoms with E-state index in [0.29, 0.717) is 12.2 Å². The van der Waals surface area contributed by atoms with Crippen LogP contribution in [0.5, 0.6) is 0 Å². The van der Waals surface area contributed by atoms with E-state index in [9.17, 15) is 4.79 Å². The predicted molar refractivity (Wildman–Crippen MR) is 64.5 cm³/mol. The first-order valence-electron chi connectivity index (χ1n) is 5.36. The van der Waals surface area contributed by atoms with Crippen LogP contribution in [0.3, 0.4) is 0 Å². The molecule has 0 heterocycles. The topological polar surface area (TPSA) is 20.3 Å². The molecule has 0 N–H and O–H groups in total. The lowest BCUT2D eigenvalue weighted by molar-refractivity contribution is -0.119. The van der Waals surface area contributed by atoms with Crippen LogP contribution in [-0.2, 0) is 4.79 Å². The van der Waals surface area contributed by atoms with Gasteiger partial charge in [-0.1, -0.05) is 26.0 Å². The van der Waals surface area contributed by atoms with Crippen molar-refractivity contribution in [1.29, 1.82) is 0 Å². The Morgan fingerprint density at radius 3 is 2.20 bits per heavy atom. The first-order chi connectivity index (χ1) is 7.06. The number of ketones is 1. The molecule has 0 aromatic heterocycles. The number of Topliss-reactive ketones (excluding diaryl/α,β-unsaturated/α-hetero) is 1. The van der Waals surface area contributed by atoms with Crippen LogP contribution in [0.4, 0.5) is 5.69 Å². The van der Waals surface area contributed by atoms with Crippen molar-refractivity contribution in [3.63, 3.8) is 0 Å². The summed E-state index contributed by atoms with van der Waals surface area (Å²) >= 11 is 0. The highest BCUT2D eigenvalue weighted by Gasteiger charge is 2.12. The number of rotatable bonds is 4. The number of nitrogens with zero attached hydrogens (tertiary/aromatic N) is 1. The lowest BCUT2D eigenvalue weighted by Crippen LogP contribution is -2.10. The molecule has 0 aliphatic carbocycles. The quantitative estimate of drug-likeness (QED) is 0.753. The lowest BCUT2D eigenvalue weighted by Gasteiger charge is -2.14. The van der Waals surface area contributed by atoms with Gasteiger partial charge in [-0.05, 0) is 17.7 Å². The molecule has 1 rings (SSSR count). The van der Waals surface area contributed by atoms with Gasteiger partial charge in [-0.3, -0.25) is 4.79 Å². The standard InChI is InChI=1S/C13H19NO/c1-5-13(15)10(2)11-6-8-12(9-7-11)14(3)4/h6-10H,5H2,1-4H3. The number of hydrogen-bond acceptors (Lipinski definition) is 2. The molecule has 1 aromatic rings. The molecule has 0 spiro atoms. The van der Waals surface area contributed by atoms with Crippen LogP contribution in [0, 0.1) is 0 Å². The van der Waals surface area contributed by atoms with E-state index in [2.05, 4.69) is 17.0 Å². The van der Waals surface area contributed by atoms with Crippen LogP contribution in [0.15, 0.2) is 24.3 Å². The fourth-order valence-electron chi connectivity index (χ4n) is 1.55. The molecule has 0 amide bonds. The van der Waals surface area contributed by atoms with Crippen LogP contribution in [0.1, 0.15) is 31.7 Å². The van der Waals surface area contributed by atoms with E-state index in [1.807, 2.05) is 40.1 Å². The van der Waals surface area contributed by atoms with Gasteiger partial charge >= 0.3 is 0 Å². The first kappa shape index (κ1) is 11.8. The van der Waals surface area contributed by atoms with Gasteiger partial charge in [0.2, 0.25) is 0 Å². The maximum Gasteiger partial charge on any atom is 0.139 e. The molecule has 2 nitrogen and oxygen atoms in total. The number of benzene rings is 1. The van der Waals surface area contributed by atoms with Crippen LogP contribution in [0.2, 0.25) is 0 Å². The molecule has 0 aliphatic rings. The third-order valence-corrected chi connectivity index (χ3v) is 2.74. The van der Waals surface area contributed by atoms with E-state index in [0.717, 1.165) is 11.3 Å². The molecule has 0 saturated heterocycles. The minimum Gasteiger partial charge on any atom is -0.378 e. The van der Waals surface area contributed by atoms with E-state index in [4.69, 9.17) is 0 Å². The second kappa shape index (κ2) is 4.96. The second-order valence-corrected chi connectivity index (χ2v) is 4.03. The Hall–Kier alpha value is -1.31. The smallest absolute Gasteiger partial charge is 0.139 e. The first-order valence-corrected chi connectivity index (χ1v) is 5.36. The highest BCUT2D eigenvalue weighted by atomic mass is 16.1. The van der Waals surface area contributed by atoms with Gasteiger partial charge in [-0.25, -0.2) is 0 Å². The lowest BCUT2D eigenvalue weighted by atomic mass is 9.95. The number of carbonyl (C=O) groups excluding carboxylic acids is 1. The van der Waals surface area contributed by atoms with E-state index < -0.39 is 0 Å². The van der Waals surface area contributed by atoms with Crippen molar-refractivity contribution in [3.05, 3.63) is 29.8 Å². The van der Waals surface area contributed by atoms with E-state index in [1.165, 1.54) is 0 Å². The van der Waals surface area contributed by atoms with Gasteiger partial charge in [-0.2, -0.15) is 0 Å². The monoisotopic (exact) mass is 205 g/mol. The minimum atomic E-state index is 0.0196. The Kier molecular flexibility index (Phi) is 3.89. The van der Waals surface area contributed by atoms with Crippen LogP contribution in [-0.4, -0.2) is 19.9 Å². The summed E-state index contributed by atoms with van der Waals surface area (Å²) in [6.45, 7) is 3.88. The molecule has 15 heavy (non-hydrogen) atoms. The summed E-state index contributed by atoms with van der Waals surface area (Å²) in [4.78, 5) is 13.6. The molecule has 0 fully saturated rings. The summed E-state index contributed by atoms with van der Waals surface area (Å²) in [5, 5.41) is 0. The fourth-order valence-corrected chi connectivity index (χ4v) is 1.55. The summed E-state index contributed by atoms with van der Waals surface area (Å²) < 4.78 is 0. The highest BCUT2D eigenvalue weighted by Crippen LogP contribution is 2.20. The van der Waals surface area contributed by atoms with E-state index >= 15 is 0 Å². The average molecular weight is 205 g/mol. The molecule has 1 atom stereocenters. The van der Waals surface area contributed by atoms with Crippen molar-refractivity contribution in [2.75, 3.05) is 19.0 Å². The summed E-state index contributed by atoms with van der Waals surface area (Å²) in [5.74, 6) is 0.318. The van der Waals surface area contributed by atoms with Crippen LogP contribution < -0.4 is 4.90 Å². The molecule has 0 aliphatic heterocycles. The zero-order chi connectivity index (χ0) is 11.4. The summed E-state index contributed by atoms with van der Waals surface area (Å²) in [6.07, 6.45) is 0.608. The summed E-state index contributed by atoms with van der Waals surface area (Å²) in [7, 11) is 4.02. The number of hydrogen-bond donors (Lipinski definition) is 0. The zero-order valence-corrected chi connectivity index (χ0v) is 9.95. The van der Waals surface area contributed by atoms with Crippen molar-refractivity contribution in [2.24, 2.45) is 0 Å². The van der Waals surface area contributed by atoms with E-state index in [-0.39, 0.29) is 5.92 Å². The third kappa shape index (κ3) is 2.82. The molecule has 1 aromatic carbocycles. The van der Waals surface area contributed by atoms with Gasteiger partial charge in [0.05, 0.1) is 0 Å². The zero-order valence-electron chi connectivity index (χ0n) is 9.95. The maximum absolute atomic E-state index is 11.5. The largest absolute Gasteiger partial charge is 0.378 e. The fraction of sp³-hybridized carbons (Fsp3) is 0.462. The van der Waals surface area contributed by atoms with Gasteiger partial charge in [0.25, 0.3) is 0 Å². The predicted octanol–water partition coefficient (Wildman–Crippen LogP) is 2.84. The van der Waals surface area contributed by atoms with Gasteiger partial charge in [0.15, 0.2) is 0 Å². The van der Waals surface area contributed by atoms with Crippen molar-refractivity contribution < 1.29 is 4.79 Å². The van der Waals surface area contributed by atoms with Gasteiger partial charge in [0.1, 0.15) is 5.78 Å². The molecule has 2 heteroatoms. The number of carbonyl (C=O) groups is 1. The van der Waals surface area contributed by atoms with Gasteiger partial charge in [-0.15, -0.1) is 0 Å². The molecular formula is C13H19NO. The van der Waals surface area contributed by atoms with E-state index in [1.54, 1.807) is 0 Å². The molecule has 1 unspecified atom stereocenters. The van der Waals surface area contributed by atoms with Crippen molar-refractivity contribution >= 4 is 11.5 Å². The van der Waals surface area contributed by atoms with Gasteiger partial charge in [0, 0.05) is 32.1 Å². The van der Waals surface area contributed by atoms with Crippen molar-refractivity contribution in [2.45, 2.75) is 26.2 Å². The minimum absolute atomic E-state index is 0.0196. The second-order valence-electron chi connectivity index (χ2n) is 4.03. The highest BCUT2D eigenvalue weighted by molar-refractivity contribution is 5.85. The van der Waals surface area contributed by atoms with Crippen molar-refractivity contribution in [1.82, 2.24) is 0 Å². The average Bonchev–Trinajstić information content (AvgIpc) is 2.27. The maximum atomic E-state index is 11.5. The molecule has 0 radical (unpaired) electrons. The van der Waals surface area contributed by atoms with Crippen LogP contribution >= 0.6 is 0 Å². The molecule has 0 saturated carbocycles. The Labute approximate surface area is 91.9 Å². The molecular weight excluding hydrogens is 186 g/mol. The molecule has 0 bridgehead atoms. The third-order valence-electron chi connectivity index (χ3n) is 2.74. The Balaban J connectivity index is 2.84. The SMILES string of the molecule is CCC(=O)C(C)c1ccc(N(C)C)cc1. The normalized spacial score (nSPS) is 12.3. The summed E-state index contributed by atoms with van der Waals surface area (Å²) in [5.41, 5.74) is 2.27. The van der Waals surface area contributed by atoms with Crippen molar-refractivity contribution in [3.8, 4) is 0 Å². The van der Waals surface area contributed by atoms with Crippen LogP contribution in [0.25, 0.3) is 0 Å². The van der Waals surface area contributed by atoms with Gasteiger partial charge < -0.3 is 4.90 Å². The Morgan fingerprint density at radius 2 is 1.80 bits per heavy atom. The Bertz CT molecular complexity index is 327.